The van der Waals surface area contributed by atoms with Crippen molar-refractivity contribution in [1.82, 2.24) is 9.21 Å². The lowest BCUT2D eigenvalue weighted by molar-refractivity contribution is 0.0462. The Hall–Kier alpha value is -0.820. The fraction of sp³-hybridized carbons (Fsp3) is 0.900. The van der Waals surface area contributed by atoms with Crippen LogP contribution >= 0.6 is 0 Å². The van der Waals surface area contributed by atoms with Gasteiger partial charge in [0.1, 0.15) is 6.10 Å². The molecule has 1 aliphatic rings. The van der Waals surface area contributed by atoms with Crippen molar-refractivity contribution in [3.05, 3.63) is 0 Å². The Kier molecular flexibility index (Phi) is 4.76. The van der Waals surface area contributed by atoms with E-state index in [1.807, 2.05) is 6.92 Å². The lowest BCUT2D eigenvalue weighted by Gasteiger charge is -2.30. The highest BCUT2D eigenvalue weighted by Gasteiger charge is 2.27. The van der Waals surface area contributed by atoms with Crippen LogP contribution in [0.15, 0.2) is 0 Å². The molecule has 0 bridgehead atoms. The summed E-state index contributed by atoms with van der Waals surface area (Å²) < 4.78 is 29.2. The normalized spacial score (nSPS) is 19.0. The molecule has 0 aromatic carbocycles. The van der Waals surface area contributed by atoms with E-state index in [4.69, 9.17) is 4.74 Å². The SMILES string of the molecule is CCN(C)C(=O)OC1CCN(S(C)(=O)=O)CC1. The number of sulfonamides is 1. The summed E-state index contributed by atoms with van der Waals surface area (Å²) in [7, 11) is -1.44. The molecule has 0 aromatic heterocycles. The number of nitrogens with zero attached hydrogens (tertiary/aromatic N) is 2. The van der Waals surface area contributed by atoms with Gasteiger partial charge in [0.2, 0.25) is 10.0 Å². The highest BCUT2D eigenvalue weighted by Crippen LogP contribution is 2.16. The smallest absolute Gasteiger partial charge is 0.409 e. The van der Waals surface area contributed by atoms with E-state index in [9.17, 15) is 13.2 Å². The summed E-state index contributed by atoms with van der Waals surface area (Å²) in [6, 6.07) is 0. The first-order chi connectivity index (χ1) is 7.84. The molecule has 0 atom stereocenters. The number of carbonyl (C=O) groups is 1. The van der Waals surface area contributed by atoms with Crippen LogP contribution in [0, 0.1) is 0 Å². The molecule has 6 nitrogen and oxygen atoms in total. The van der Waals surface area contributed by atoms with Crippen LogP contribution in [-0.4, -0.2) is 62.8 Å². The summed E-state index contributed by atoms with van der Waals surface area (Å²) in [5.74, 6) is 0. The molecule has 17 heavy (non-hydrogen) atoms. The minimum Gasteiger partial charge on any atom is -0.446 e. The maximum Gasteiger partial charge on any atom is 0.409 e. The molecule has 0 aromatic rings. The molecule has 0 spiro atoms. The summed E-state index contributed by atoms with van der Waals surface area (Å²) >= 11 is 0. The number of amides is 1. The molecule has 1 saturated heterocycles. The van der Waals surface area contributed by atoms with Gasteiger partial charge in [-0.2, -0.15) is 0 Å². The second-order valence-corrected chi connectivity index (χ2v) is 6.24. The monoisotopic (exact) mass is 264 g/mol. The molecule has 1 rings (SSSR count). The molecule has 100 valence electrons. The summed E-state index contributed by atoms with van der Waals surface area (Å²) in [6.45, 7) is 3.31. The third-order valence-electron chi connectivity index (χ3n) is 2.92. The van der Waals surface area contributed by atoms with Crippen molar-refractivity contribution in [2.75, 3.05) is 32.9 Å². The van der Waals surface area contributed by atoms with Gasteiger partial charge in [0, 0.05) is 26.7 Å². The van der Waals surface area contributed by atoms with E-state index in [0.29, 0.717) is 32.5 Å². The second-order valence-electron chi connectivity index (χ2n) is 4.26. The Morgan fingerprint density at radius 1 is 1.41 bits per heavy atom. The number of piperidine rings is 1. The molecular formula is C10H20N2O4S. The van der Waals surface area contributed by atoms with Crippen LogP contribution in [0.3, 0.4) is 0 Å². The third kappa shape index (κ3) is 4.16. The van der Waals surface area contributed by atoms with Crippen molar-refractivity contribution >= 4 is 16.1 Å². The first-order valence-corrected chi connectivity index (χ1v) is 7.56. The van der Waals surface area contributed by atoms with Gasteiger partial charge < -0.3 is 9.64 Å². The molecule has 1 amide bonds. The molecule has 0 aliphatic carbocycles. The van der Waals surface area contributed by atoms with Crippen LogP contribution in [-0.2, 0) is 14.8 Å². The van der Waals surface area contributed by atoms with Gasteiger partial charge in [0.25, 0.3) is 0 Å². The zero-order chi connectivity index (χ0) is 13.1. The Labute approximate surface area is 103 Å². The molecule has 1 aliphatic heterocycles. The minimum absolute atomic E-state index is 0.172. The van der Waals surface area contributed by atoms with E-state index in [1.165, 1.54) is 15.5 Å². The van der Waals surface area contributed by atoms with Crippen molar-refractivity contribution in [1.29, 1.82) is 0 Å². The average molecular weight is 264 g/mol. The van der Waals surface area contributed by atoms with Crippen LogP contribution in [0.25, 0.3) is 0 Å². The number of carbonyl (C=O) groups excluding carboxylic acids is 1. The van der Waals surface area contributed by atoms with Gasteiger partial charge in [-0.25, -0.2) is 17.5 Å². The van der Waals surface area contributed by atoms with Gasteiger partial charge in [0.15, 0.2) is 0 Å². The number of rotatable bonds is 3. The van der Waals surface area contributed by atoms with Crippen molar-refractivity contribution in [3.8, 4) is 0 Å². The average Bonchev–Trinajstić information content (AvgIpc) is 2.27. The quantitative estimate of drug-likeness (QED) is 0.744. The highest BCUT2D eigenvalue weighted by atomic mass is 32.2. The highest BCUT2D eigenvalue weighted by molar-refractivity contribution is 7.88. The summed E-state index contributed by atoms with van der Waals surface area (Å²) in [5, 5.41) is 0. The van der Waals surface area contributed by atoms with Gasteiger partial charge in [-0.3, -0.25) is 0 Å². The zero-order valence-electron chi connectivity index (χ0n) is 10.5. The second kappa shape index (κ2) is 5.68. The van der Waals surface area contributed by atoms with Crippen molar-refractivity contribution in [2.24, 2.45) is 0 Å². The van der Waals surface area contributed by atoms with E-state index >= 15 is 0 Å². The van der Waals surface area contributed by atoms with E-state index < -0.39 is 10.0 Å². The molecule has 0 unspecified atom stereocenters. The van der Waals surface area contributed by atoms with E-state index in [2.05, 4.69) is 0 Å². The molecule has 0 radical (unpaired) electrons. The third-order valence-corrected chi connectivity index (χ3v) is 4.23. The maximum absolute atomic E-state index is 11.5. The molecule has 0 N–H and O–H groups in total. The largest absolute Gasteiger partial charge is 0.446 e. The van der Waals surface area contributed by atoms with Gasteiger partial charge in [-0.15, -0.1) is 0 Å². The van der Waals surface area contributed by atoms with Crippen molar-refractivity contribution in [2.45, 2.75) is 25.9 Å². The Bertz CT molecular complexity index is 361. The summed E-state index contributed by atoms with van der Waals surface area (Å²) in [5.41, 5.74) is 0. The Balaban J connectivity index is 2.40. The number of ether oxygens (including phenoxy) is 1. The summed E-state index contributed by atoms with van der Waals surface area (Å²) in [6.07, 6.45) is 1.82. The Morgan fingerprint density at radius 3 is 2.35 bits per heavy atom. The Morgan fingerprint density at radius 2 is 1.94 bits per heavy atom. The van der Waals surface area contributed by atoms with E-state index in [0.717, 1.165) is 0 Å². The topological polar surface area (TPSA) is 66.9 Å². The lowest BCUT2D eigenvalue weighted by Crippen LogP contribution is -2.42. The maximum atomic E-state index is 11.5. The fourth-order valence-corrected chi connectivity index (χ4v) is 2.52. The predicted molar refractivity (Wildman–Crippen MR) is 64.2 cm³/mol. The van der Waals surface area contributed by atoms with Gasteiger partial charge in [-0.1, -0.05) is 0 Å². The zero-order valence-corrected chi connectivity index (χ0v) is 11.4. The van der Waals surface area contributed by atoms with Crippen LogP contribution < -0.4 is 0 Å². The standard InChI is InChI=1S/C10H20N2O4S/c1-4-11(2)10(13)16-9-5-7-12(8-6-9)17(3,14)15/h9H,4-8H2,1-3H3. The molecular weight excluding hydrogens is 244 g/mol. The van der Waals surface area contributed by atoms with E-state index in [-0.39, 0.29) is 12.2 Å². The molecule has 7 heteroatoms. The first kappa shape index (κ1) is 14.2. The lowest BCUT2D eigenvalue weighted by atomic mass is 10.1. The van der Waals surface area contributed by atoms with Crippen molar-refractivity contribution < 1.29 is 17.9 Å². The van der Waals surface area contributed by atoms with Crippen molar-refractivity contribution in [3.63, 3.8) is 0 Å². The first-order valence-electron chi connectivity index (χ1n) is 5.71. The van der Waals surface area contributed by atoms with Gasteiger partial charge in [0.05, 0.1) is 6.26 Å². The number of hydrogen-bond acceptors (Lipinski definition) is 4. The molecule has 0 saturated carbocycles. The van der Waals surface area contributed by atoms with Crippen LogP contribution in [0.1, 0.15) is 19.8 Å². The van der Waals surface area contributed by atoms with Crippen LogP contribution in [0.4, 0.5) is 4.79 Å². The summed E-state index contributed by atoms with van der Waals surface area (Å²) in [4.78, 5) is 13.0. The molecule has 1 heterocycles. The van der Waals surface area contributed by atoms with Gasteiger partial charge in [-0.05, 0) is 19.8 Å². The minimum atomic E-state index is -3.12. The number of hydrogen-bond donors (Lipinski definition) is 0. The van der Waals surface area contributed by atoms with Crippen LogP contribution in [0.2, 0.25) is 0 Å². The van der Waals surface area contributed by atoms with Gasteiger partial charge >= 0.3 is 6.09 Å². The predicted octanol–water partition coefficient (Wildman–Crippen LogP) is 0.499. The fourth-order valence-electron chi connectivity index (χ4n) is 1.64. The van der Waals surface area contributed by atoms with E-state index in [1.54, 1.807) is 7.05 Å². The molecule has 1 fully saturated rings. The van der Waals surface area contributed by atoms with Crippen LogP contribution in [0.5, 0.6) is 0 Å².